The quantitative estimate of drug-likeness (QED) is 0.762. The zero-order valence-corrected chi connectivity index (χ0v) is 10.8. The van der Waals surface area contributed by atoms with Gasteiger partial charge >= 0.3 is 0 Å². The van der Waals surface area contributed by atoms with E-state index >= 15 is 0 Å². The van der Waals surface area contributed by atoms with Gasteiger partial charge in [0.25, 0.3) is 0 Å². The van der Waals surface area contributed by atoms with Crippen LogP contribution in [-0.2, 0) is 0 Å². The molecule has 3 rings (SSSR count). The van der Waals surface area contributed by atoms with Gasteiger partial charge in [-0.15, -0.1) is 5.10 Å². The first-order chi connectivity index (χ1) is 9.17. The molecule has 5 heteroatoms. The summed E-state index contributed by atoms with van der Waals surface area (Å²) < 4.78 is 6.85. The lowest BCUT2D eigenvalue weighted by Crippen LogP contribution is -1.94. The average Bonchev–Trinajstić information content (AvgIpc) is 2.83. The van der Waals surface area contributed by atoms with E-state index in [0.717, 1.165) is 16.9 Å². The van der Waals surface area contributed by atoms with E-state index < -0.39 is 0 Å². The first-order valence-corrected chi connectivity index (χ1v) is 5.94. The van der Waals surface area contributed by atoms with Gasteiger partial charge in [0.1, 0.15) is 5.75 Å². The number of pyridine rings is 1. The molecule has 0 aliphatic heterocycles. The van der Waals surface area contributed by atoms with E-state index in [4.69, 9.17) is 10.5 Å². The molecule has 0 aliphatic carbocycles. The van der Waals surface area contributed by atoms with Crippen molar-refractivity contribution in [2.45, 2.75) is 6.92 Å². The fourth-order valence-corrected chi connectivity index (χ4v) is 2.01. The number of methoxy groups -OCH3 is 1. The molecular formula is C14H14N4O. The summed E-state index contributed by atoms with van der Waals surface area (Å²) in [5.74, 6) is 1.46. The van der Waals surface area contributed by atoms with E-state index in [9.17, 15) is 0 Å². The molecule has 2 aromatic heterocycles. The Hall–Kier alpha value is -2.56. The molecule has 0 spiro atoms. The Balaban J connectivity index is 2.12. The Labute approximate surface area is 110 Å². The number of ether oxygens (including phenoxy) is 1. The van der Waals surface area contributed by atoms with Crippen LogP contribution < -0.4 is 10.5 Å². The zero-order chi connectivity index (χ0) is 13.4. The maximum absolute atomic E-state index is 5.95. The van der Waals surface area contributed by atoms with Gasteiger partial charge in [0, 0.05) is 11.8 Å². The first kappa shape index (κ1) is 11.5. The largest absolute Gasteiger partial charge is 0.497 e. The maximum atomic E-state index is 5.95. The average molecular weight is 254 g/mol. The Kier molecular flexibility index (Phi) is 2.59. The Morgan fingerprint density at radius 2 is 1.95 bits per heavy atom. The van der Waals surface area contributed by atoms with Gasteiger partial charge in [-0.2, -0.15) is 0 Å². The lowest BCUT2D eigenvalue weighted by Gasteiger charge is -1.99. The van der Waals surface area contributed by atoms with Crippen molar-refractivity contribution in [3.8, 4) is 17.1 Å². The molecule has 0 amide bonds. The number of nitrogens with two attached hydrogens (primary N) is 1. The van der Waals surface area contributed by atoms with E-state index in [-0.39, 0.29) is 0 Å². The Morgan fingerprint density at radius 3 is 2.63 bits per heavy atom. The first-order valence-electron chi connectivity index (χ1n) is 5.94. The minimum Gasteiger partial charge on any atom is -0.497 e. The number of anilines is 1. The lowest BCUT2D eigenvalue weighted by molar-refractivity contribution is 0.415. The predicted octanol–water partition coefficient (Wildman–Crippen LogP) is 2.30. The minimum atomic E-state index is 0.632. The van der Waals surface area contributed by atoms with Gasteiger partial charge in [0.05, 0.1) is 12.8 Å². The second kappa shape index (κ2) is 4.28. The van der Waals surface area contributed by atoms with Gasteiger partial charge in [-0.25, -0.2) is 9.50 Å². The fraction of sp³-hybridized carbons (Fsp3) is 0.143. The molecule has 0 bridgehead atoms. The fourth-order valence-electron chi connectivity index (χ4n) is 2.01. The summed E-state index contributed by atoms with van der Waals surface area (Å²) in [6, 6.07) is 9.51. The molecule has 3 aromatic rings. The van der Waals surface area contributed by atoms with Crippen LogP contribution in [0.4, 0.5) is 5.69 Å². The van der Waals surface area contributed by atoms with Crippen molar-refractivity contribution in [1.29, 1.82) is 0 Å². The summed E-state index contributed by atoms with van der Waals surface area (Å²) in [7, 11) is 1.64. The third kappa shape index (κ3) is 1.99. The number of nitrogen functional groups attached to an aromatic ring is 1. The molecule has 0 saturated carbocycles. The predicted molar refractivity (Wildman–Crippen MR) is 74.1 cm³/mol. The van der Waals surface area contributed by atoms with Crippen LogP contribution in [0.2, 0.25) is 0 Å². The van der Waals surface area contributed by atoms with E-state index in [1.807, 2.05) is 43.5 Å². The molecule has 5 nitrogen and oxygen atoms in total. The van der Waals surface area contributed by atoms with Gasteiger partial charge in [-0.3, -0.25) is 0 Å². The minimum absolute atomic E-state index is 0.632. The highest BCUT2D eigenvalue weighted by Gasteiger charge is 2.09. The molecular weight excluding hydrogens is 240 g/mol. The van der Waals surface area contributed by atoms with Crippen LogP contribution in [0.15, 0.2) is 36.5 Å². The van der Waals surface area contributed by atoms with Crippen molar-refractivity contribution in [2.24, 2.45) is 0 Å². The van der Waals surface area contributed by atoms with Crippen molar-refractivity contribution in [1.82, 2.24) is 14.6 Å². The van der Waals surface area contributed by atoms with E-state index in [2.05, 4.69) is 10.1 Å². The number of fused-ring (bicyclic) bond motifs is 1. The molecule has 2 heterocycles. The number of hydrogen-bond acceptors (Lipinski definition) is 4. The smallest absolute Gasteiger partial charge is 0.182 e. The maximum Gasteiger partial charge on any atom is 0.182 e. The molecule has 0 fully saturated rings. The van der Waals surface area contributed by atoms with Crippen LogP contribution in [-0.4, -0.2) is 21.7 Å². The standard InChI is InChI=1S/C14H14N4O/c1-9-7-12(15)14-16-13(17-18(14)8-9)10-3-5-11(19-2)6-4-10/h3-8H,15H2,1-2H3. The number of aryl methyl sites for hydroxylation is 1. The van der Waals surface area contributed by atoms with Gasteiger partial charge < -0.3 is 10.5 Å². The molecule has 0 atom stereocenters. The van der Waals surface area contributed by atoms with Crippen LogP contribution in [0, 0.1) is 6.92 Å². The van der Waals surface area contributed by atoms with Gasteiger partial charge in [0.15, 0.2) is 11.5 Å². The van der Waals surface area contributed by atoms with E-state index in [0.29, 0.717) is 17.2 Å². The molecule has 2 N–H and O–H groups in total. The third-order valence-electron chi connectivity index (χ3n) is 2.95. The van der Waals surface area contributed by atoms with Crippen LogP contribution in [0.25, 0.3) is 17.0 Å². The SMILES string of the molecule is COc1ccc(-c2nc3c(N)cc(C)cn3n2)cc1. The second-order valence-corrected chi connectivity index (χ2v) is 4.40. The van der Waals surface area contributed by atoms with Crippen LogP contribution in [0.3, 0.4) is 0 Å². The number of benzene rings is 1. The summed E-state index contributed by atoms with van der Waals surface area (Å²) in [5.41, 5.74) is 9.24. The molecule has 0 unspecified atom stereocenters. The highest BCUT2D eigenvalue weighted by Crippen LogP contribution is 2.22. The lowest BCUT2D eigenvalue weighted by atomic mass is 10.2. The summed E-state index contributed by atoms with van der Waals surface area (Å²) in [6.45, 7) is 1.98. The molecule has 1 aromatic carbocycles. The number of rotatable bonds is 2. The van der Waals surface area contributed by atoms with Gasteiger partial charge in [-0.1, -0.05) is 0 Å². The normalized spacial score (nSPS) is 10.8. The van der Waals surface area contributed by atoms with Crippen LogP contribution >= 0.6 is 0 Å². The van der Waals surface area contributed by atoms with E-state index in [1.165, 1.54) is 0 Å². The summed E-state index contributed by atoms with van der Waals surface area (Å²) in [4.78, 5) is 4.47. The van der Waals surface area contributed by atoms with Crippen LogP contribution in [0.5, 0.6) is 5.75 Å². The summed E-state index contributed by atoms with van der Waals surface area (Å²) in [6.07, 6.45) is 1.91. The highest BCUT2D eigenvalue weighted by molar-refractivity contribution is 5.68. The Bertz CT molecular complexity index is 731. The van der Waals surface area contributed by atoms with Crippen molar-refractivity contribution in [2.75, 3.05) is 12.8 Å². The monoisotopic (exact) mass is 254 g/mol. The second-order valence-electron chi connectivity index (χ2n) is 4.40. The number of hydrogen-bond donors (Lipinski definition) is 1. The van der Waals surface area contributed by atoms with Crippen molar-refractivity contribution >= 4 is 11.3 Å². The molecule has 19 heavy (non-hydrogen) atoms. The molecule has 0 saturated heterocycles. The van der Waals surface area contributed by atoms with Crippen molar-refractivity contribution in [3.05, 3.63) is 42.1 Å². The molecule has 0 radical (unpaired) electrons. The van der Waals surface area contributed by atoms with Crippen molar-refractivity contribution in [3.63, 3.8) is 0 Å². The molecule has 0 aliphatic rings. The van der Waals surface area contributed by atoms with Crippen molar-refractivity contribution < 1.29 is 4.74 Å². The summed E-state index contributed by atoms with van der Waals surface area (Å²) >= 11 is 0. The van der Waals surface area contributed by atoms with Gasteiger partial charge in [0.2, 0.25) is 0 Å². The van der Waals surface area contributed by atoms with E-state index in [1.54, 1.807) is 11.6 Å². The van der Waals surface area contributed by atoms with Gasteiger partial charge in [-0.05, 0) is 42.8 Å². The third-order valence-corrected chi connectivity index (χ3v) is 2.95. The summed E-state index contributed by atoms with van der Waals surface area (Å²) in [5, 5.41) is 4.44. The molecule has 96 valence electrons. The number of nitrogens with zero attached hydrogens (tertiary/aromatic N) is 3. The zero-order valence-electron chi connectivity index (χ0n) is 10.8. The highest BCUT2D eigenvalue weighted by atomic mass is 16.5. The van der Waals surface area contributed by atoms with Crippen LogP contribution in [0.1, 0.15) is 5.56 Å². The number of aromatic nitrogens is 3. The Morgan fingerprint density at radius 1 is 1.21 bits per heavy atom. The topological polar surface area (TPSA) is 65.4 Å².